The van der Waals surface area contributed by atoms with Gasteiger partial charge in [0, 0.05) is 6.54 Å². The first kappa shape index (κ1) is 16.6. The number of nitrogens with one attached hydrogen (secondary N) is 2. The van der Waals surface area contributed by atoms with Crippen molar-refractivity contribution in [1.29, 1.82) is 0 Å². The average Bonchev–Trinajstić information content (AvgIpc) is 2.63. The topological polar surface area (TPSA) is 54.0 Å². The molecule has 3 rings (SSSR count). The second-order valence-electron chi connectivity index (χ2n) is 5.35. The number of benzene rings is 2. The van der Waals surface area contributed by atoms with Crippen LogP contribution in [-0.2, 0) is 6.54 Å². The SMILES string of the molecule is O=C(Nc1ccccc1F)c1ccc(NCc2ccc(F)cc2)cn1. The predicted octanol–water partition coefficient (Wildman–Crippen LogP) is 4.22. The van der Waals surface area contributed by atoms with Crippen LogP contribution in [0.3, 0.4) is 0 Å². The Kier molecular flexibility index (Phi) is 4.99. The fourth-order valence-corrected chi connectivity index (χ4v) is 2.19. The molecule has 2 N–H and O–H groups in total. The maximum Gasteiger partial charge on any atom is 0.274 e. The van der Waals surface area contributed by atoms with E-state index in [1.165, 1.54) is 30.5 Å². The van der Waals surface area contributed by atoms with E-state index in [2.05, 4.69) is 15.6 Å². The maximum absolute atomic E-state index is 13.5. The number of nitrogens with zero attached hydrogens (tertiary/aromatic N) is 1. The van der Waals surface area contributed by atoms with Gasteiger partial charge in [0.25, 0.3) is 5.91 Å². The minimum absolute atomic E-state index is 0.104. The van der Waals surface area contributed by atoms with Gasteiger partial charge in [0.2, 0.25) is 0 Å². The first-order valence-corrected chi connectivity index (χ1v) is 7.62. The molecule has 0 unspecified atom stereocenters. The summed E-state index contributed by atoms with van der Waals surface area (Å²) < 4.78 is 26.4. The summed E-state index contributed by atoms with van der Waals surface area (Å²) in [6.45, 7) is 0.503. The van der Waals surface area contributed by atoms with Crippen LogP contribution in [0.4, 0.5) is 20.2 Å². The number of anilines is 2. The molecule has 3 aromatic rings. The van der Waals surface area contributed by atoms with Crippen LogP contribution < -0.4 is 10.6 Å². The zero-order chi connectivity index (χ0) is 17.6. The molecule has 0 fully saturated rings. The van der Waals surface area contributed by atoms with E-state index < -0.39 is 11.7 Å². The normalized spacial score (nSPS) is 10.3. The molecule has 2 aromatic carbocycles. The van der Waals surface area contributed by atoms with Crippen LogP contribution in [0, 0.1) is 11.6 Å². The van der Waals surface area contributed by atoms with Crippen molar-refractivity contribution in [1.82, 2.24) is 4.98 Å². The highest BCUT2D eigenvalue weighted by Gasteiger charge is 2.10. The summed E-state index contributed by atoms with van der Waals surface area (Å²) in [6, 6.07) is 15.3. The molecular weight excluding hydrogens is 324 g/mol. The van der Waals surface area contributed by atoms with E-state index in [1.807, 2.05) is 0 Å². The summed E-state index contributed by atoms with van der Waals surface area (Å²) in [5, 5.41) is 5.61. The Morgan fingerprint density at radius 2 is 1.72 bits per heavy atom. The number of pyridine rings is 1. The Morgan fingerprint density at radius 1 is 0.960 bits per heavy atom. The second kappa shape index (κ2) is 7.53. The van der Waals surface area contributed by atoms with E-state index in [9.17, 15) is 13.6 Å². The van der Waals surface area contributed by atoms with E-state index in [0.29, 0.717) is 12.2 Å². The Bertz CT molecular complexity index is 865. The molecule has 25 heavy (non-hydrogen) atoms. The summed E-state index contributed by atoms with van der Waals surface area (Å²) in [6.07, 6.45) is 1.51. The lowest BCUT2D eigenvalue weighted by atomic mass is 10.2. The summed E-state index contributed by atoms with van der Waals surface area (Å²) in [4.78, 5) is 16.2. The molecule has 1 amide bonds. The zero-order valence-electron chi connectivity index (χ0n) is 13.2. The number of aromatic nitrogens is 1. The van der Waals surface area contributed by atoms with Crippen molar-refractivity contribution in [2.75, 3.05) is 10.6 Å². The van der Waals surface area contributed by atoms with E-state index in [-0.39, 0.29) is 17.2 Å². The highest BCUT2D eigenvalue weighted by Crippen LogP contribution is 2.14. The molecule has 0 saturated heterocycles. The highest BCUT2D eigenvalue weighted by atomic mass is 19.1. The number of rotatable bonds is 5. The average molecular weight is 339 g/mol. The van der Waals surface area contributed by atoms with Gasteiger partial charge in [0.15, 0.2) is 0 Å². The molecule has 0 saturated carbocycles. The number of amides is 1. The van der Waals surface area contributed by atoms with Gasteiger partial charge >= 0.3 is 0 Å². The minimum atomic E-state index is -0.506. The smallest absolute Gasteiger partial charge is 0.274 e. The molecule has 1 aromatic heterocycles. The molecular formula is C19H15F2N3O. The standard InChI is InChI=1S/C19H15F2N3O/c20-14-7-5-13(6-8-14)11-22-15-9-10-18(23-12-15)19(25)24-17-4-2-1-3-16(17)21/h1-10,12,22H,11H2,(H,24,25). The summed E-state index contributed by atoms with van der Waals surface area (Å²) in [5.41, 5.74) is 1.91. The number of carbonyl (C=O) groups is 1. The van der Waals surface area contributed by atoms with Crippen molar-refractivity contribution in [2.24, 2.45) is 0 Å². The van der Waals surface area contributed by atoms with Crippen LogP contribution in [0.1, 0.15) is 16.1 Å². The number of hydrogen-bond acceptors (Lipinski definition) is 3. The van der Waals surface area contributed by atoms with Crippen LogP contribution in [-0.4, -0.2) is 10.9 Å². The first-order valence-electron chi connectivity index (χ1n) is 7.62. The largest absolute Gasteiger partial charge is 0.380 e. The monoisotopic (exact) mass is 339 g/mol. The maximum atomic E-state index is 13.5. The van der Waals surface area contributed by atoms with Crippen molar-refractivity contribution in [2.45, 2.75) is 6.54 Å². The van der Waals surface area contributed by atoms with Gasteiger partial charge in [-0.3, -0.25) is 4.79 Å². The van der Waals surface area contributed by atoms with Crippen LogP contribution in [0.15, 0.2) is 66.9 Å². The number of para-hydroxylation sites is 1. The second-order valence-corrected chi connectivity index (χ2v) is 5.35. The van der Waals surface area contributed by atoms with Gasteiger partial charge in [0.05, 0.1) is 17.6 Å². The lowest BCUT2D eigenvalue weighted by molar-refractivity contribution is 0.102. The van der Waals surface area contributed by atoms with Crippen molar-refractivity contribution < 1.29 is 13.6 Å². The van der Waals surface area contributed by atoms with Crippen molar-refractivity contribution in [3.63, 3.8) is 0 Å². The third-order valence-electron chi connectivity index (χ3n) is 3.53. The Hall–Kier alpha value is -3.28. The van der Waals surface area contributed by atoms with Gasteiger partial charge < -0.3 is 10.6 Å². The molecule has 0 aliphatic heterocycles. The van der Waals surface area contributed by atoms with Crippen molar-refractivity contribution in [3.8, 4) is 0 Å². The molecule has 0 radical (unpaired) electrons. The van der Waals surface area contributed by atoms with Crippen LogP contribution >= 0.6 is 0 Å². The van der Waals surface area contributed by atoms with Crippen LogP contribution in [0.5, 0.6) is 0 Å². The molecule has 4 nitrogen and oxygen atoms in total. The van der Waals surface area contributed by atoms with Crippen LogP contribution in [0.25, 0.3) is 0 Å². The zero-order valence-corrected chi connectivity index (χ0v) is 13.2. The van der Waals surface area contributed by atoms with E-state index in [0.717, 1.165) is 5.56 Å². The highest BCUT2D eigenvalue weighted by molar-refractivity contribution is 6.03. The molecule has 1 heterocycles. The molecule has 0 atom stereocenters. The fraction of sp³-hybridized carbons (Fsp3) is 0.0526. The number of halogens is 2. The molecule has 6 heteroatoms. The molecule has 126 valence electrons. The lowest BCUT2D eigenvalue weighted by Gasteiger charge is -2.08. The molecule has 0 spiro atoms. The van der Waals surface area contributed by atoms with E-state index >= 15 is 0 Å². The van der Waals surface area contributed by atoms with Gasteiger partial charge in [-0.05, 0) is 42.0 Å². The fourth-order valence-electron chi connectivity index (χ4n) is 2.19. The minimum Gasteiger partial charge on any atom is -0.380 e. The first-order chi connectivity index (χ1) is 12.1. The Morgan fingerprint density at radius 3 is 2.40 bits per heavy atom. The third kappa shape index (κ3) is 4.38. The Balaban J connectivity index is 1.60. The molecule has 0 bridgehead atoms. The molecule has 0 aliphatic rings. The van der Waals surface area contributed by atoms with Gasteiger partial charge in [-0.15, -0.1) is 0 Å². The van der Waals surface area contributed by atoms with E-state index in [4.69, 9.17) is 0 Å². The van der Waals surface area contributed by atoms with Gasteiger partial charge in [-0.25, -0.2) is 13.8 Å². The van der Waals surface area contributed by atoms with Crippen molar-refractivity contribution >= 4 is 17.3 Å². The van der Waals surface area contributed by atoms with Crippen LogP contribution in [0.2, 0.25) is 0 Å². The van der Waals surface area contributed by atoms with Crippen molar-refractivity contribution in [3.05, 3.63) is 89.8 Å². The number of hydrogen-bond donors (Lipinski definition) is 2. The summed E-state index contributed by atoms with van der Waals surface area (Å²) in [5.74, 6) is -1.28. The van der Waals surface area contributed by atoms with Gasteiger partial charge in [-0.2, -0.15) is 0 Å². The lowest BCUT2D eigenvalue weighted by Crippen LogP contribution is -2.14. The third-order valence-corrected chi connectivity index (χ3v) is 3.53. The predicted molar refractivity (Wildman–Crippen MR) is 92.3 cm³/mol. The summed E-state index contributed by atoms with van der Waals surface area (Å²) >= 11 is 0. The van der Waals surface area contributed by atoms with Gasteiger partial charge in [-0.1, -0.05) is 24.3 Å². The molecule has 0 aliphatic carbocycles. The van der Waals surface area contributed by atoms with E-state index in [1.54, 1.807) is 36.4 Å². The Labute approximate surface area is 143 Å². The van der Waals surface area contributed by atoms with Gasteiger partial charge in [0.1, 0.15) is 17.3 Å². The number of carbonyl (C=O) groups excluding carboxylic acids is 1. The quantitative estimate of drug-likeness (QED) is 0.732. The summed E-state index contributed by atoms with van der Waals surface area (Å²) in [7, 11) is 0.